The topological polar surface area (TPSA) is 84.5 Å². The van der Waals surface area contributed by atoms with Crippen molar-refractivity contribution >= 4 is 43.6 Å². The van der Waals surface area contributed by atoms with Crippen molar-refractivity contribution in [3.63, 3.8) is 0 Å². The van der Waals surface area contributed by atoms with Gasteiger partial charge in [-0.1, -0.05) is 12.1 Å². The van der Waals surface area contributed by atoms with Gasteiger partial charge in [0.2, 0.25) is 10.0 Å². The van der Waals surface area contributed by atoms with E-state index in [0.717, 1.165) is 10.5 Å². The van der Waals surface area contributed by atoms with Crippen LogP contribution in [-0.4, -0.2) is 40.8 Å². The maximum absolute atomic E-state index is 12.5. The van der Waals surface area contributed by atoms with Crippen LogP contribution in [-0.2, 0) is 21.3 Å². The largest absolute Gasteiger partial charge is 0.383 e. The molecule has 0 aromatic heterocycles. The second-order valence-corrected chi connectivity index (χ2v) is 9.06. The van der Waals surface area contributed by atoms with Crippen molar-refractivity contribution in [3.8, 4) is 0 Å². The Labute approximate surface area is 172 Å². The standard InChI is InChI=1S/C18H21BrN2O4S2/c1-25-10-9-21-27(23,24)15-7-8-17(19)16(11-15)18(22)20-12-13-3-5-14(26-2)6-4-13/h3-8,11,21H,9-10,12H2,1-2H3,(H,20,22). The van der Waals surface area contributed by atoms with E-state index in [1.807, 2.05) is 30.5 Å². The molecule has 9 heteroatoms. The van der Waals surface area contributed by atoms with Crippen molar-refractivity contribution in [2.45, 2.75) is 16.3 Å². The predicted octanol–water partition coefficient (Wildman–Crippen LogP) is 3.03. The molecule has 0 heterocycles. The quantitative estimate of drug-likeness (QED) is 0.432. The van der Waals surface area contributed by atoms with Crippen molar-refractivity contribution in [2.75, 3.05) is 26.5 Å². The number of rotatable bonds is 9. The van der Waals surface area contributed by atoms with Gasteiger partial charge in [-0.3, -0.25) is 4.79 Å². The molecule has 0 saturated carbocycles. The molecule has 0 unspecified atom stereocenters. The van der Waals surface area contributed by atoms with Crippen molar-refractivity contribution in [3.05, 3.63) is 58.1 Å². The lowest BCUT2D eigenvalue weighted by Gasteiger charge is -2.11. The Morgan fingerprint density at radius 3 is 2.52 bits per heavy atom. The van der Waals surface area contributed by atoms with E-state index in [-0.39, 0.29) is 29.5 Å². The highest BCUT2D eigenvalue weighted by molar-refractivity contribution is 9.10. The molecule has 146 valence electrons. The summed E-state index contributed by atoms with van der Waals surface area (Å²) in [5.74, 6) is -0.357. The molecule has 0 aliphatic rings. The van der Waals surface area contributed by atoms with Crippen molar-refractivity contribution < 1.29 is 17.9 Å². The van der Waals surface area contributed by atoms with Gasteiger partial charge < -0.3 is 10.1 Å². The lowest BCUT2D eigenvalue weighted by Crippen LogP contribution is -2.28. The predicted molar refractivity (Wildman–Crippen MR) is 111 cm³/mol. The van der Waals surface area contributed by atoms with Gasteiger partial charge in [0.1, 0.15) is 0 Å². The number of amides is 1. The number of hydrogen-bond donors (Lipinski definition) is 2. The van der Waals surface area contributed by atoms with Crippen LogP contribution in [0.3, 0.4) is 0 Å². The molecule has 0 atom stereocenters. The summed E-state index contributed by atoms with van der Waals surface area (Å²) in [6, 6.07) is 12.2. The molecule has 6 nitrogen and oxygen atoms in total. The number of carbonyl (C=O) groups is 1. The van der Waals surface area contributed by atoms with E-state index in [1.165, 1.54) is 19.2 Å². The van der Waals surface area contributed by atoms with Crippen molar-refractivity contribution in [2.24, 2.45) is 0 Å². The van der Waals surface area contributed by atoms with Crippen LogP contribution < -0.4 is 10.0 Å². The summed E-state index contributed by atoms with van der Waals surface area (Å²) >= 11 is 4.96. The van der Waals surface area contributed by atoms with Crippen LogP contribution >= 0.6 is 27.7 Å². The fraction of sp³-hybridized carbons (Fsp3) is 0.278. The first-order valence-corrected chi connectivity index (χ1v) is 11.6. The maximum atomic E-state index is 12.5. The summed E-state index contributed by atoms with van der Waals surface area (Å²) in [5, 5.41) is 2.81. The monoisotopic (exact) mass is 472 g/mol. The highest BCUT2D eigenvalue weighted by atomic mass is 79.9. The Balaban J connectivity index is 2.10. The number of ether oxygens (including phenoxy) is 1. The summed E-state index contributed by atoms with van der Waals surface area (Å²) in [7, 11) is -2.22. The average Bonchev–Trinajstić information content (AvgIpc) is 2.66. The minimum absolute atomic E-state index is 0.0243. The third-order valence-corrected chi connectivity index (χ3v) is 6.60. The molecule has 2 N–H and O–H groups in total. The Bertz CT molecular complexity index is 887. The van der Waals surface area contributed by atoms with Crippen LogP contribution in [0.2, 0.25) is 0 Å². The summed E-state index contributed by atoms with van der Waals surface area (Å²) in [4.78, 5) is 13.7. The molecule has 0 bridgehead atoms. The summed E-state index contributed by atoms with van der Waals surface area (Å²) in [6.07, 6.45) is 2.00. The molecule has 0 saturated heterocycles. The van der Waals surface area contributed by atoms with E-state index in [9.17, 15) is 13.2 Å². The van der Waals surface area contributed by atoms with E-state index < -0.39 is 10.0 Å². The lowest BCUT2D eigenvalue weighted by molar-refractivity contribution is 0.0950. The minimum Gasteiger partial charge on any atom is -0.383 e. The molecular weight excluding hydrogens is 452 g/mol. The first-order chi connectivity index (χ1) is 12.9. The van der Waals surface area contributed by atoms with Gasteiger partial charge in [0.25, 0.3) is 5.91 Å². The van der Waals surface area contributed by atoms with Crippen molar-refractivity contribution in [1.29, 1.82) is 0 Å². The summed E-state index contributed by atoms with van der Waals surface area (Å²) < 4.78 is 32.4. The van der Waals surface area contributed by atoms with Crippen LogP contribution in [0.5, 0.6) is 0 Å². The van der Waals surface area contributed by atoms with E-state index in [4.69, 9.17) is 4.74 Å². The van der Waals surface area contributed by atoms with Crippen molar-refractivity contribution in [1.82, 2.24) is 10.0 Å². The minimum atomic E-state index is -3.71. The first-order valence-electron chi connectivity index (χ1n) is 8.06. The van der Waals surface area contributed by atoms with E-state index >= 15 is 0 Å². The van der Waals surface area contributed by atoms with Gasteiger partial charge in [-0.15, -0.1) is 11.8 Å². The van der Waals surface area contributed by atoms with Crippen LogP contribution in [0, 0.1) is 0 Å². The second-order valence-electron chi connectivity index (χ2n) is 5.56. The number of carbonyl (C=O) groups excluding carboxylic acids is 1. The van der Waals surface area contributed by atoms with Gasteiger partial charge in [0, 0.05) is 29.6 Å². The Kier molecular flexibility index (Phi) is 8.30. The zero-order valence-electron chi connectivity index (χ0n) is 15.0. The average molecular weight is 473 g/mol. The fourth-order valence-corrected chi connectivity index (χ4v) is 4.10. The third-order valence-electron chi connectivity index (χ3n) is 3.70. The number of halogens is 1. The van der Waals surface area contributed by atoms with Gasteiger partial charge in [-0.05, 0) is 58.1 Å². The maximum Gasteiger partial charge on any atom is 0.252 e. The fourth-order valence-electron chi connectivity index (χ4n) is 2.23. The second kappa shape index (κ2) is 10.2. The van der Waals surface area contributed by atoms with Crippen LogP contribution in [0.15, 0.2) is 56.7 Å². The number of thioether (sulfide) groups is 1. The zero-order valence-corrected chi connectivity index (χ0v) is 18.2. The molecule has 0 radical (unpaired) electrons. The lowest BCUT2D eigenvalue weighted by atomic mass is 10.2. The molecule has 1 amide bonds. The molecular formula is C18H21BrN2O4S2. The van der Waals surface area contributed by atoms with Crippen LogP contribution in [0.1, 0.15) is 15.9 Å². The van der Waals surface area contributed by atoms with Gasteiger partial charge in [0.15, 0.2) is 0 Å². The number of nitrogens with one attached hydrogen (secondary N) is 2. The highest BCUT2D eigenvalue weighted by Crippen LogP contribution is 2.21. The zero-order chi connectivity index (χ0) is 19.9. The van der Waals surface area contributed by atoms with E-state index in [1.54, 1.807) is 17.8 Å². The number of benzene rings is 2. The number of methoxy groups -OCH3 is 1. The van der Waals surface area contributed by atoms with Gasteiger partial charge in [0.05, 0.1) is 17.1 Å². The van der Waals surface area contributed by atoms with Gasteiger partial charge >= 0.3 is 0 Å². The van der Waals surface area contributed by atoms with Crippen LogP contribution in [0.4, 0.5) is 0 Å². The SMILES string of the molecule is COCCNS(=O)(=O)c1ccc(Br)c(C(=O)NCc2ccc(SC)cc2)c1. The highest BCUT2D eigenvalue weighted by Gasteiger charge is 2.18. The number of hydrogen-bond acceptors (Lipinski definition) is 5. The molecule has 2 rings (SSSR count). The Morgan fingerprint density at radius 2 is 1.89 bits per heavy atom. The molecule has 0 spiro atoms. The van der Waals surface area contributed by atoms with E-state index in [2.05, 4.69) is 26.0 Å². The van der Waals surface area contributed by atoms with Gasteiger partial charge in [-0.2, -0.15) is 0 Å². The summed E-state index contributed by atoms with van der Waals surface area (Å²) in [6.45, 7) is 0.768. The van der Waals surface area contributed by atoms with Crippen LogP contribution in [0.25, 0.3) is 0 Å². The smallest absolute Gasteiger partial charge is 0.252 e. The molecule has 0 fully saturated rings. The molecule has 2 aromatic rings. The van der Waals surface area contributed by atoms with E-state index in [0.29, 0.717) is 11.0 Å². The Hall–Kier alpha value is -1.39. The molecule has 27 heavy (non-hydrogen) atoms. The number of sulfonamides is 1. The molecule has 2 aromatic carbocycles. The molecule has 0 aliphatic carbocycles. The van der Waals surface area contributed by atoms with Gasteiger partial charge in [-0.25, -0.2) is 13.1 Å². The third kappa shape index (κ3) is 6.32. The molecule has 0 aliphatic heterocycles. The summed E-state index contributed by atoms with van der Waals surface area (Å²) in [5.41, 5.74) is 1.22. The first kappa shape index (κ1) is 21.9. The normalized spacial score (nSPS) is 11.4. The Morgan fingerprint density at radius 1 is 1.19 bits per heavy atom.